The lowest BCUT2D eigenvalue weighted by molar-refractivity contribution is 0.0939. The fourth-order valence-corrected chi connectivity index (χ4v) is 2.72. The summed E-state index contributed by atoms with van der Waals surface area (Å²) in [5.41, 5.74) is 0.953. The highest BCUT2D eigenvalue weighted by Gasteiger charge is 2.20. The maximum atomic E-state index is 12.4. The zero-order chi connectivity index (χ0) is 15.4. The van der Waals surface area contributed by atoms with Gasteiger partial charge < -0.3 is 15.1 Å². The second kappa shape index (κ2) is 6.47. The normalized spacial score (nSPS) is 14.7. The van der Waals surface area contributed by atoms with Crippen molar-refractivity contribution < 1.29 is 14.0 Å². The van der Waals surface area contributed by atoms with Gasteiger partial charge in [-0.1, -0.05) is 25.0 Å². The number of carbonyl (C=O) groups excluding carboxylic acids is 2. The van der Waals surface area contributed by atoms with Gasteiger partial charge in [0.05, 0.1) is 17.5 Å². The van der Waals surface area contributed by atoms with Gasteiger partial charge in [0.15, 0.2) is 5.76 Å². The van der Waals surface area contributed by atoms with Gasteiger partial charge in [-0.15, -0.1) is 0 Å². The largest absolute Gasteiger partial charge is 0.459 e. The van der Waals surface area contributed by atoms with Gasteiger partial charge in [0, 0.05) is 6.04 Å². The van der Waals surface area contributed by atoms with Gasteiger partial charge in [0.25, 0.3) is 11.8 Å². The number of rotatable bonds is 4. The summed E-state index contributed by atoms with van der Waals surface area (Å²) in [7, 11) is 0. The van der Waals surface area contributed by atoms with E-state index in [9.17, 15) is 9.59 Å². The molecule has 0 spiro atoms. The maximum absolute atomic E-state index is 12.4. The second-order valence-electron chi connectivity index (χ2n) is 5.43. The van der Waals surface area contributed by atoms with Crippen molar-refractivity contribution in [2.45, 2.75) is 31.7 Å². The van der Waals surface area contributed by atoms with Crippen molar-refractivity contribution in [2.24, 2.45) is 0 Å². The average molecular weight is 298 g/mol. The van der Waals surface area contributed by atoms with E-state index in [1.54, 1.807) is 36.4 Å². The SMILES string of the molecule is O=C(Nc1ccccc1C(=O)NC1CCCC1)c1ccco1. The lowest BCUT2D eigenvalue weighted by Crippen LogP contribution is -2.33. The third kappa shape index (κ3) is 3.19. The highest BCUT2D eigenvalue weighted by molar-refractivity contribution is 6.07. The van der Waals surface area contributed by atoms with Crippen LogP contribution in [0.2, 0.25) is 0 Å². The van der Waals surface area contributed by atoms with Crippen LogP contribution < -0.4 is 10.6 Å². The molecule has 2 amide bonds. The van der Waals surface area contributed by atoms with Gasteiger partial charge in [-0.25, -0.2) is 0 Å². The van der Waals surface area contributed by atoms with E-state index in [1.807, 2.05) is 0 Å². The van der Waals surface area contributed by atoms with Crippen LogP contribution in [-0.2, 0) is 0 Å². The number of furan rings is 1. The predicted molar refractivity (Wildman–Crippen MR) is 82.8 cm³/mol. The van der Waals surface area contributed by atoms with Crippen molar-refractivity contribution in [2.75, 3.05) is 5.32 Å². The molecule has 1 aliphatic carbocycles. The molecule has 0 saturated heterocycles. The summed E-state index contributed by atoms with van der Waals surface area (Å²) in [6.07, 6.45) is 5.79. The molecule has 1 heterocycles. The average Bonchev–Trinajstić information content (AvgIpc) is 3.21. The summed E-state index contributed by atoms with van der Waals surface area (Å²) < 4.78 is 5.06. The molecule has 114 valence electrons. The number of anilines is 1. The summed E-state index contributed by atoms with van der Waals surface area (Å²) in [6, 6.07) is 10.5. The Balaban J connectivity index is 1.74. The molecular weight excluding hydrogens is 280 g/mol. The molecule has 0 radical (unpaired) electrons. The van der Waals surface area contributed by atoms with Crippen LogP contribution in [0, 0.1) is 0 Å². The molecule has 0 bridgehead atoms. The van der Waals surface area contributed by atoms with Gasteiger partial charge >= 0.3 is 0 Å². The molecular formula is C17H18N2O3. The molecule has 1 saturated carbocycles. The van der Waals surface area contributed by atoms with Gasteiger partial charge in [-0.3, -0.25) is 9.59 Å². The topological polar surface area (TPSA) is 71.3 Å². The minimum absolute atomic E-state index is 0.151. The van der Waals surface area contributed by atoms with Gasteiger partial charge in [-0.05, 0) is 37.1 Å². The summed E-state index contributed by atoms with van der Waals surface area (Å²) in [4.78, 5) is 24.5. The summed E-state index contributed by atoms with van der Waals surface area (Å²) in [5, 5.41) is 5.76. The Labute approximate surface area is 128 Å². The lowest BCUT2D eigenvalue weighted by atomic mass is 10.1. The number of amides is 2. The Bertz CT molecular complexity index is 658. The van der Waals surface area contributed by atoms with E-state index in [-0.39, 0.29) is 23.6 Å². The molecule has 0 atom stereocenters. The Morgan fingerprint density at radius 3 is 2.50 bits per heavy atom. The van der Waals surface area contributed by atoms with E-state index < -0.39 is 0 Å². The third-order valence-electron chi connectivity index (χ3n) is 3.86. The van der Waals surface area contributed by atoms with Gasteiger partial charge in [-0.2, -0.15) is 0 Å². The third-order valence-corrected chi connectivity index (χ3v) is 3.86. The first kappa shape index (κ1) is 14.4. The molecule has 0 aliphatic heterocycles. The first-order chi connectivity index (χ1) is 10.7. The molecule has 5 nitrogen and oxygen atoms in total. The highest BCUT2D eigenvalue weighted by atomic mass is 16.3. The second-order valence-corrected chi connectivity index (χ2v) is 5.43. The van der Waals surface area contributed by atoms with Crippen molar-refractivity contribution in [1.82, 2.24) is 5.32 Å². The van der Waals surface area contributed by atoms with Crippen LogP contribution in [0.3, 0.4) is 0 Å². The number of nitrogens with one attached hydrogen (secondary N) is 2. The molecule has 0 unspecified atom stereocenters. The number of para-hydroxylation sites is 1. The monoisotopic (exact) mass is 298 g/mol. The van der Waals surface area contributed by atoms with Gasteiger partial charge in [0.1, 0.15) is 0 Å². The minimum Gasteiger partial charge on any atom is -0.459 e. The molecule has 22 heavy (non-hydrogen) atoms. The number of hydrogen-bond donors (Lipinski definition) is 2. The first-order valence-corrected chi connectivity index (χ1v) is 7.49. The maximum Gasteiger partial charge on any atom is 0.291 e. The van der Waals surface area contributed by atoms with E-state index in [0.29, 0.717) is 11.3 Å². The van der Waals surface area contributed by atoms with Crippen molar-refractivity contribution in [3.8, 4) is 0 Å². The number of hydrogen-bond acceptors (Lipinski definition) is 3. The highest BCUT2D eigenvalue weighted by Crippen LogP contribution is 2.20. The molecule has 3 rings (SSSR count). The van der Waals surface area contributed by atoms with Crippen molar-refractivity contribution in [3.63, 3.8) is 0 Å². The van der Waals surface area contributed by atoms with Crippen LogP contribution in [0.5, 0.6) is 0 Å². The molecule has 1 aromatic carbocycles. The van der Waals surface area contributed by atoms with E-state index in [0.717, 1.165) is 25.7 Å². The van der Waals surface area contributed by atoms with Crippen LogP contribution >= 0.6 is 0 Å². The standard InChI is InChI=1S/C17H18N2O3/c20-16(18-12-6-1-2-7-12)13-8-3-4-9-14(13)19-17(21)15-10-5-11-22-15/h3-5,8-12H,1-2,6-7H2,(H,18,20)(H,19,21). The van der Waals surface area contributed by atoms with Crippen molar-refractivity contribution >= 4 is 17.5 Å². The smallest absolute Gasteiger partial charge is 0.291 e. The number of benzene rings is 1. The molecule has 2 N–H and O–H groups in total. The first-order valence-electron chi connectivity index (χ1n) is 7.49. The Morgan fingerprint density at radius 1 is 1.00 bits per heavy atom. The van der Waals surface area contributed by atoms with E-state index in [2.05, 4.69) is 10.6 Å². The minimum atomic E-state index is -0.369. The van der Waals surface area contributed by atoms with Crippen molar-refractivity contribution in [3.05, 3.63) is 54.0 Å². The summed E-state index contributed by atoms with van der Waals surface area (Å²) >= 11 is 0. The Kier molecular flexibility index (Phi) is 4.23. The van der Waals surface area contributed by atoms with Crippen LogP contribution in [0.15, 0.2) is 47.1 Å². The fourth-order valence-electron chi connectivity index (χ4n) is 2.72. The zero-order valence-corrected chi connectivity index (χ0v) is 12.2. The quantitative estimate of drug-likeness (QED) is 0.910. The zero-order valence-electron chi connectivity index (χ0n) is 12.2. The van der Waals surface area contributed by atoms with Gasteiger partial charge in [0.2, 0.25) is 0 Å². The summed E-state index contributed by atoms with van der Waals surface area (Å²) in [5.74, 6) is -0.306. The van der Waals surface area contributed by atoms with Crippen molar-refractivity contribution in [1.29, 1.82) is 0 Å². The molecule has 2 aromatic rings. The van der Waals surface area contributed by atoms with E-state index in [1.165, 1.54) is 6.26 Å². The Hall–Kier alpha value is -2.56. The van der Waals surface area contributed by atoms with Crippen LogP contribution in [-0.4, -0.2) is 17.9 Å². The molecule has 1 fully saturated rings. The van der Waals surface area contributed by atoms with E-state index >= 15 is 0 Å². The van der Waals surface area contributed by atoms with Crippen LogP contribution in [0.1, 0.15) is 46.6 Å². The lowest BCUT2D eigenvalue weighted by Gasteiger charge is -2.14. The molecule has 1 aliphatic rings. The fraction of sp³-hybridized carbons (Fsp3) is 0.294. The molecule has 5 heteroatoms. The molecule has 1 aromatic heterocycles. The van der Waals surface area contributed by atoms with Crippen LogP contribution in [0.4, 0.5) is 5.69 Å². The predicted octanol–water partition coefficient (Wildman–Crippen LogP) is 3.20. The summed E-state index contributed by atoms with van der Waals surface area (Å²) in [6.45, 7) is 0. The van der Waals surface area contributed by atoms with Crippen LogP contribution in [0.25, 0.3) is 0 Å². The van der Waals surface area contributed by atoms with E-state index in [4.69, 9.17) is 4.42 Å². The number of carbonyl (C=O) groups is 2. The Morgan fingerprint density at radius 2 is 1.77 bits per heavy atom.